The van der Waals surface area contributed by atoms with Crippen LogP contribution in [0, 0.1) is 17.2 Å². The SMILES string of the molecule is COC(=O)c1ccc(OC(=O)N2C[C@@H](CC(C)(C)C)[C@@]3(C(=O)Nc4cc(Cl)ccc43)[C@H]2c2cccc(Cl)c2F)cc1. The highest BCUT2D eigenvalue weighted by atomic mass is 35.5. The van der Waals surface area contributed by atoms with Crippen molar-refractivity contribution in [3.63, 3.8) is 0 Å². The zero-order valence-corrected chi connectivity index (χ0v) is 24.5. The Labute approximate surface area is 247 Å². The molecule has 214 valence electrons. The van der Waals surface area contributed by atoms with Gasteiger partial charge in [0, 0.05) is 22.8 Å². The van der Waals surface area contributed by atoms with Crippen LogP contribution in [0.1, 0.15) is 54.7 Å². The van der Waals surface area contributed by atoms with E-state index in [0.717, 1.165) is 0 Å². The number of hydrogen-bond donors (Lipinski definition) is 1. The lowest BCUT2D eigenvalue weighted by molar-refractivity contribution is -0.123. The third kappa shape index (κ3) is 5.04. The Morgan fingerprint density at radius 2 is 1.80 bits per heavy atom. The van der Waals surface area contributed by atoms with Gasteiger partial charge in [0.1, 0.15) is 17.0 Å². The standard InChI is InChI=1S/C31H29Cl2FN2O5/c1-30(2,3)15-18-16-36(29(39)41-20-11-8-17(9-12-20)27(37)40-4)26(21-6-5-7-23(33)25(21)34)31(18)22-13-10-19(32)14-24(22)35-28(31)38/h5-14,18,26H,15-16H2,1-4H3,(H,35,38)/t18-,26-,31+/m1/s1. The van der Waals surface area contributed by atoms with Gasteiger partial charge in [-0.2, -0.15) is 0 Å². The molecule has 0 radical (unpaired) electrons. The lowest BCUT2D eigenvalue weighted by atomic mass is 9.63. The van der Waals surface area contributed by atoms with E-state index < -0.39 is 35.3 Å². The van der Waals surface area contributed by atoms with E-state index in [0.29, 0.717) is 22.7 Å². The highest BCUT2D eigenvalue weighted by Gasteiger charge is 2.65. The third-order valence-corrected chi connectivity index (χ3v) is 8.23. The van der Waals surface area contributed by atoms with Crippen molar-refractivity contribution in [1.82, 2.24) is 4.90 Å². The van der Waals surface area contributed by atoms with Crippen molar-refractivity contribution < 1.29 is 28.2 Å². The first-order chi connectivity index (χ1) is 19.4. The molecule has 3 atom stereocenters. The highest BCUT2D eigenvalue weighted by molar-refractivity contribution is 6.31. The van der Waals surface area contributed by atoms with Crippen LogP contribution in [-0.2, 0) is 14.9 Å². The Morgan fingerprint density at radius 1 is 1.10 bits per heavy atom. The van der Waals surface area contributed by atoms with Crippen LogP contribution < -0.4 is 10.1 Å². The maximum atomic E-state index is 15.8. The normalized spacial score (nSPS) is 21.5. The quantitative estimate of drug-likeness (QED) is 0.316. The van der Waals surface area contributed by atoms with E-state index in [1.165, 1.54) is 42.3 Å². The summed E-state index contributed by atoms with van der Waals surface area (Å²) >= 11 is 12.5. The number of nitrogens with zero attached hydrogens (tertiary/aromatic N) is 1. The number of esters is 1. The summed E-state index contributed by atoms with van der Waals surface area (Å²) in [6.45, 7) is 6.27. The molecule has 2 heterocycles. The minimum Gasteiger partial charge on any atom is -0.465 e. The molecule has 0 aliphatic carbocycles. The first-order valence-corrected chi connectivity index (χ1v) is 13.8. The Kier molecular flexibility index (Phi) is 7.51. The summed E-state index contributed by atoms with van der Waals surface area (Å²) in [6.07, 6.45) is -0.232. The number of likely N-dealkylation sites (tertiary alicyclic amines) is 1. The second-order valence-electron chi connectivity index (χ2n) is 11.6. The number of rotatable bonds is 4. The smallest absolute Gasteiger partial charge is 0.415 e. The molecule has 0 aromatic heterocycles. The third-order valence-electron chi connectivity index (χ3n) is 7.71. The van der Waals surface area contributed by atoms with Crippen molar-refractivity contribution in [2.45, 2.75) is 38.6 Å². The Hall–Kier alpha value is -3.62. The molecular formula is C31H29Cl2FN2O5. The van der Waals surface area contributed by atoms with Gasteiger partial charge in [-0.15, -0.1) is 0 Å². The van der Waals surface area contributed by atoms with Crippen LogP contribution in [0.3, 0.4) is 0 Å². The Bertz CT molecular complexity index is 1540. The van der Waals surface area contributed by atoms with E-state index >= 15 is 4.39 Å². The van der Waals surface area contributed by atoms with Gasteiger partial charge in [0.15, 0.2) is 0 Å². The van der Waals surface area contributed by atoms with E-state index in [1.807, 2.05) is 0 Å². The van der Waals surface area contributed by atoms with E-state index in [4.69, 9.17) is 32.7 Å². The van der Waals surface area contributed by atoms with Crippen LogP contribution in [0.5, 0.6) is 5.75 Å². The lowest BCUT2D eigenvalue weighted by Crippen LogP contribution is -2.46. The minimum atomic E-state index is -1.35. The van der Waals surface area contributed by atoms with Crippen LogP contribution in [0.2, 0.25) is 10.0 Å². The summed E-state index contributed by atoms with van der Waals surface area (Å²) in [6, 6.07) is 14.5. The number of benzene rings is 3. The Balaban J connectivity index is 1.66. The van der Waals surface area contributed by atoms with Gasteiger partial charge in [0.25, 0.3) is 0 Å². The molecule has 2 aliphatic heterocycles. The van der Waals surface area contributed by atoms with Gasteiger partial charge in [-0.05, 0) is 65.8 Å². The van der Waals surface area contributed by atoms with Gasteiger partial charge in [-0.3, -0.25) is 9.69 Å². The molecule has 7 nitrogen and oxygen atoms in total. The van der Waals surface area contributed by atoms with Gasteiger partial charge in [0.05, 0.1) is 23.7 Å². The predicted octanol–water partition coefficient (Wildman–Crippen LogP) is 7.42. The molecule has 1 spiro atoms. The van der Waals surface area contributed by atoms with Gasteiger partial charge < -0.3 is 14.8 Å². The Morgan fingerprint density at radius 3 is 2.46 bits per heavy atom. The van der Waals surface area contributed by atoms with Gasteiger partial charge in [-0.1, -0.05) is 62.2 Å². The molecular weight excluding hydrogens is 570 g/mol. The lowest BCUT2D eigenvalue weighted by Gasteiger charge is -2.38. The molecule has 1 fully saturated rings. The molecule has 0 unspecified atom stereocenters. The van der Waals surface area contributed by atoms with Crippen molar-refractivity contribution >= 4 is 46.9 Å². The summed E-state index contributed by atoms with van der Waals surface area (Å²) in [4.78, 5) is 41.3. The molecule has 1 saturated heterocycles. The van der Waals surface area contributed by atoms with Crippen LogP contribution in [0.25, 0.3) is 0 Å². The number of amides is 2. The number of methoxy groups -OCH3 is 1. The number of halogens is 3. The number of fused-ring (bicyclic) bond motifs is 2. The highest BCUT2D eigenvalue weighted by Crippen LogP contribution is 2.60. The van der Waals surface area contributed by atoms with E-state index in [2.05, 4.69) is 26.1 Å². The largest absolute Gasteiger partial charge is 0.465 e. The summed E-state index contributed by atoms with van der Waals surface area (Å²) in [5.74, 6) is -1.85. The van der Waals surface area contributed by atoms with Crippen molar-refractivity contribution in [3.05, 3.63) is 93.2 Å². The maximum Gasteiger partial charge on any atom is 0.415 e. The number of nitrogens with one attached hydrogen (secondary N) is 1. The second-order valence-corrected chi connectivity index (χ2v) is 12.4. The first-order valence-electron chi connectivity index (χ1n) is 13.1. The van der Waals surface area contributed by atoms with E-state index in [9.17, 15) is 14.4 Å². The zero-order chi connectivity index (χ0) is 29.7. The van der Waals surface area contributed by atoms with Crippen molar-refractivity contribution in [1.29, 1.82) is 0 Å². The molecule has 2 aliphatic rings. The first kappa shape index (κ1) is 28.9. The minimum absolute atomic E-state index is 0.102. The molecule has 2 amide bonds. The number of carbonyl (C=O) groups is 3. The monoisotopic (exact) mass is 598 g/mol. The molecule has 0 saturated carbocycles. The van der Waals surface area contributed by atoms with E-state index in [1.54, 1.807) is 30.3 Å². The average molecular weight is 599 g/mol. The average Bonchev–Trinajstić information content (AvgIpc) is 3.39. The zero-order valence-electron chi connectivity index (χ0n) is 23.0. The fourth-order valence-electron chi connectivity index (χ4n) is 6.19. The van der Waals surface area contributed by atoms with Crippen molar-refractivity contribution in [3.8, 4) is 5.75 Å². The van der Waals surface area contributed by atoms with Crippen LogP contribution >= 0.6 is 23.2 Å². The molecule has 3 aromatic carbocycles. The van der Waals surface area contributed by atoms with Gasteiger partial charge in [0.2, 0.25) is 5.91 Å². The summed E-state index contributed by atoms with van der Waals surface area (Å²) in [5, 5.41) is 3.26. The summed E-state index contributed by atoms with van der Waals surface area (Å²) < 4.78 is 26.3. The van der Waals surface area contributed by atoms with Gasteiger partial charge >= 0.3 is 12.1 Å². The molecule has 0 bridgehead atoms. The number of hydrogen-bond acceptors (Lipinski definition) is 5. The fourth-order valence-corrected chi connectivity index (χ4v) is 6.54. The molecule has 5 rings (SSSR count). The number of ether oxygens (including phenoxy) is 2. The molecule has 1 N–H and O–H groups in total. The number of carbonyl (C=O) groups excluding carboxylic acids is 3. The van der Waals surface area contributed by atoms with Gasteiger partial charge in [-0.25, -0.2) is 14.0 Å². The number of anilines is 1. The van der Waals surface area contributed by atoms with Crippen LogP contribution in [0.15, 0.2) is 60.7 Å². The second kappa shape index (κ2) is 10.7. The molecule has 10 heteroatoms. The van der Waals surface area contributed by atoms with Crippen molar-refractivity contribution in [2.75, 3.05) is 19.0 Å². The van der Waals surface area contributed by atoms with Crippen LogP contribution in [0.4, 0.5) is 14.9 Å². The predicted molar refractivity (Wildman–Crippen MR) is 154 cm³/mol. The van der Waals surface area contributed by atoms with E-state index in [-0.39, 0.29) is 39.8 Å². The summed E-state index contributed by atoms with van der Waals surface area (Å²) in [7, 11) is 1.27. The van der Waals surface area contributed by atoms with Crippen LogP contribution in [-0.4, -0.2) is 36.5 Å². The van der Waals surface area contributed by atoms with Crippen molar-refractivity contribution in [2.24, 2.45) is 11.3 Å². The fraction of sp³-hybridized carbons (Fsp3) is 0.323. The molecule has 3 aromatic rings. The maximum absolute atomic E-state index is 15.8. The summed E-state index contributed by atoms with van der Waals surface area (Å²) in [5.41, 5.74) is -0.0641. The molecule has 41 heavy (non-hydrogen) atoms. The topological polar surface area (TPSA) is 84.9 Å².